The van der Waals surface area contributed by atoms with E-state index in [1.54, 1.807) is 44.3 Å². The van der Waals surface area contributed by atoms with Gasteiger partial charge >= 0.3 is 5.97 Å². The Bertz CT molecular complexity index is 1430. The number of carbonyl (C=O) groups is 1. The Morgan fingerprint density at radius 3 is 2.60 bits per heavy atom. The summed E-state index contributed by atoms with van der Waals surface area (Å²) < 4.78 is 19.4. The summed E-state index contributed by atoms with van der Waals surface area (Å²) in [5.74, 6) is 0.703. The Hall–Kier alpha value is -3.96. The normalized spacial score (nSPS) is 11.5. The molecule has 0 aliphatic rings. The molecular weight excluding hydrogens is 476 g/mol. The molecule has 3 aromatic heterocycles. The number of carbonyl (C=O) groups excluding carboxylic acids is 1. The largest absolute Gasteiger partial charge is 0.493 e. The molecule has 0 spiro atoms. The van der Waals surface area contributed by atoms with Crippen molar-refractivity contribution in [3.05, 3.63) is 64.6 Å². The van der Waals surface area contributed by atoms with Crippen LogP contribution in [-0.4, -0.2) is 56.0 Å². The third-order valence-corrected chi connectivity index (χ3v) is 5.16. The van der Waals surface area contributed by atoms with Crippen LogP contribution < -0.4 is 20.8 Å². The molecule has 0 aliphatic heterocycles. The highest BCUT2D eigenvalue weighted by Crippen LogP contribution is 2.30. The maximum Gasteiger partial charge on any atom is 0.320 e. The van der Waals surface area contributed by atoms with Gasteiger partial charge in [0.25, 0.3) is 5.56 Å². The molecule has 0 fully saturated rings. The highest BCUT2D eigenvalue weighted by molar-refractivity contribution is 6.30. The zero-order valence-corrected chi connectivity index (χ0v) is 20.0. The molecule has 2 N–H and O–H groups in total. The van der Waals surface area contributed by atoms with Crippen LogP contribution in [0.15, 0.2) is 54.0 Å². The summed E-state index contributed by atoms with van der Waals surface area (Å²) in [5, 5.41) is 4.75. The van der Waals surface area contributed by atoms with E-state index in [2.05, 4.69) is 15.1 Å². The van der Waals surface area contributed by atoms with E-state index in [1.807, 2.05) is 0 Å². The molecule has 0 aliphatic carbocycles. The molecule has 182 valence electrons. The van der Waals surface area contributed by atoms with Crippen molar-refractivity contribution in [2.75, 3.05) is 20.3 Å². The summed E-state index contributed by atoms with van der Waals surface area (Å²) in [6, 6.07) is 6.67. The van der Waals surface area contributed by atoms with Crippen molar-refractivity contribution in [1.29, 1.82) is 0 Å². The summed E-state index contributed by atoms with van der Waals surface area (Å²) in [7, 11) is 1.49. The Balaban J connectivity index is 1.62. The third-order valence-electron chi connectivity index (χ3n) is 4.97. The predicted molar refractivity (Wildman–Crippen MR) is 128 cm³/mol. The maximum absolute atomic E-state index is 13.2. The van der Waals surface area contributed by atoms with Crippen LogP contribution in [0, 0.1) is 0 Å². The monoisotopic (exact) mass is 498 g/mol. The van der Waals surface area contributed by atoms with Crippen molar-refractivity contribution in [1.82, 2.24) is 24.1 Å². The van der Waals surface area contributed by atoms with Gasteiger partial charge in [0.2, 0.25) is 0 Å². The fourth-order valence-electron chi connectivity index (χ4n) is 3.31. The van der Waals surface area contributed by atoms with E-state index in [1.165, 1.54) is 34.9 Å². The van der Waals surface area contributed by atoms with Gasteiger partial charge in [-0.1, -0.05) is 11.6 Å². The molecule has 0 amide bonds. The molecular formula is C23H23ClN6O5. The Morgan fingerprint density at radius 1 is 1.17 bits per heavy atom. The van der Waals surface area contributed by atoms with Crippen molar-refractivity contribution in [2.45, 2.75) is 19.4 Å². The lowest BCUT2D eigenvalue weighted by atomic mass is 10.1. The van der Waals surface area contributed by atoms with Gasteiger partial charge in [-0.3, -0.25) is 14.2 Å². The molecule has 11 nitrogen and oxygen atoms in total. The third kappa shape index (κ3) is 5.26. The number of esters is 1. The van der Waals surface area contributed by atoms with Gasteiger partial charge in [-0.15, -0.1) is 0 Å². The van der Waals surface area contributed by atoms with Crippen molar-refractivity contribution in [3.63, 3.8) is 0 Å². The second-order valence-corrected chi connectivity index (χ2v) is 8.59. The summed E-state index contributed by atoms with van der Waals surface area (Å²) >= 11 is 5.86. The topological polar surface area (TPSA) is 136 Å². The maximum atomic E-state index is 13.2. The van der Waals surface area contributed by atoms with Crippen molar-refractivity contribution >= 4 is 23.1 Å². The first-order valence-corrected chi connectivity index (χ1v) is 10.9. The lowest BCUT2D eigenvalue weighted by Gasteiger charge is -2.25. The zero-order chi connectivity index (χ0) is 25.2. The van der Waals surface area contributed by atoms with Crippen LogP contribution in [-0.2, 0) is 9.53 Å². The van der Waals surface area contributed by atoms with Crippen LogP contribution in [0.3, 0.4) is 0 Å². The number of methoxy groups -OCH3 is 1. The molecule has 4 aromatic rings. The highest BCUT2D eigenvalue weighted by atomic mass is 35.5. The fourth-order valence-corrected chi connectivity index (χ4v) is 3.41. The van der Waals surface area contributed by atoms with Gasteiger partial charge in [-0.2, -0.15) is 5.10 Å². The molecule has 0 radical (unpaired) electrons. The van der Waals surface area contributed by atoms with Crippen LogP contribution in [0.4, 0.5) is 0 Å². The molecule has 3 heterocycles. The first-order valence-electron chi connectivity index (χ1n) is 10.5. The molecule has 35 heavy (non-hydrogen) atoms. The number of nitrogens with zero attached hydrogens (tertiary/aromatic N) is 5. The summed E-state index contributed by atoms with van der Waals surface area (Å²) in [6.07, 6.45) is 6.04. The van der Waals surface area contributed by atoms with Crippen LogP contribution in [0.1, 0.15) is 13.8 Å². The quantitative estimate of drug-likeness (QED) is 0.363. The van der Waals surface area contributed by atoms with E-state index in [-0.39, 0.29) is 18.7 Å². The molecule has 0 saturated carbocycles. The minimum atomic E-state index is -0.896. The second-order valence-electron chi connectivity index (χ2n) is 8.15. The number of aromatic nitrogens is 5. The summed E-state index contributed by atoms with van der Waals surface area (Å²) in [6.45, 7) is 3.28. The smallest absolute Gasteiger partial charge is 0.320 e. The summed E-state index contributed by atoms with van der Waals surface area (Å²) in [5.41, 5.74) is 5.60. The SMILES string of the molecule is COc1cc(-n2cnn3cc(-c4ncc(Cl)cn4)cc3c2=O)ccc1OCC(C)(C)OC(=O)CN. The minimum absolute atomic E-state index is 0.0710. The van der Waals surface area contributed by atoms with Crippen molar-refractivity contribution in [2.24, 2.45) is 5.73 Å². The number of benzene rings is 1. The van der Waals surface area contributed by atoms with Gasteiger partial charge in [-0.25, -0.2) is 14.5 Å². The van der Waals surface area contributed by atoms with Gasteiger partial charge in [-0.05, 0) is 32.0 Å². The lowest BCUT2D eigenvalue weighted by Crippen LogP contribution is -2.37. The van der Waals surface area contributed by atoms with Crippen molar-refractivity contribution in [3.8, 4) is 28.6 Å². The van der Waals surface area contributed by atoms with Gasteiger partial charge in [0.15, 0.2) is 17.3 Å². The van der Waals surface area contributed by atoms with Crippen LogP contribution in [0.25, 0.3) is 22.6 Å². The Labute approximate surface area is 205 Å². The van der Waals surface area contributed by atoms with Crippen LogP contribution in [0.2, 0.25) is 5.02 Å². The number of ether oxygens (including phenoxy) is 3. The molecule has 1 aromatic carbocycles. The molecule has 0 bridgehead atoms. The molecule has 12 heteroatoms. The Kier molecular flexibility index (Phi) is 6.72. The second kappa shape index (κ2) is 9.72. The average Bonchev–Trinajstić information content (AvgIpc) is 3.28. The van der Waals surface area contributed by atoms with Gasteiger partial charge in [0.05, 0.1) is 24.4 Å². The number of nitrogens with two attached hydrogens (primary N) is 1. The van der Waals surface area contributed by atoms with Gasteiger partial charge in [0.1, 0.15) is 24.1 Å². The van der Waals surface area contributed by atoms with E-state index in [0.29, 0.717) is 39.1 Å². The van der Waals surface area contributed by atoms with E-state index in [9.17, 15) is 9.59 Å². The van der Waals surface area contributed by atoms with Crippen molar-refractivity contribution < 1.29 is 19.0 Å². The Morgan fingerprint density at radius 2 is 1.91 bits per heavy atom. The summed E-state index contributed by atoms with van der Waals surface area (Å²) in [4.78, 5) is 33.1. The number of fused-ring (bicyclic) bond motifs is 1. The van der Waals surface area contributed by atoms with Crippen LogP contribution in [0.5, 0.6) is 11.5 Å². The molecule has 4 rings (SSSR count). The predicted octanol–water partition coefficient (Wildman–Crippen LogP) is 2.26. The highest BCUT2D eigenvalue weighted by Gasteiger charge is 2.24. The molecule has 0 atom stereocenters. The first-order chi connectivity index (χ1) is 16.7. The van der Waals surface area contributed by atoms with E-state index in [0.717, 1.165) is 0 Å². The molecule has 0 saturated heterocycles. The van der Waals surface area contributed by atoms with E-state index in [4.69, 9.17) is 31.5 Å². The number of hydrogen-bond acceptors (Lipinski definition) is 9. The van der Waals surface area contributed by atoms with E-state index >= 15 is 0 Å². The zero-order valence-electron chi connectivity index (χ0n) is 19.3. The minimum Gasteiger partial charge on any atom is -0.493 e. The number of rotatable bonds is 8. The van der Waals surface area contributed by atoms with Gasteiger partial charge in [0, 0.05) is 30.2 Å². The molecule has 0 unspecified atom stereocenters. The first kappa shape index (κ1) is 24.2. The van der Waals surface area contributed by atoms with Gasteiger partial charge < -0.3 is 19.9 Å². The fraction of sp³-hybridized carbons (Fsp3) is 0.261. The average molecular weight is 499 g/mol. The lowest BCUT2D eigenvalue weighted by molar-refractivity contribution is -0.157. The van der Waals surface area contributed by atoms with Crippen LogP contribution >= 0.6 is 11.6 Å². The van der Waals surface area contributed by atoms with E-state index < -0.39 is 11.6 Å². The number of halogens is 1. The number of hydrogen-bond donors (Lipinski definition) is 1. The standard InChI is InChI=1S/C23H23ClN6O5/c1-23(2,35-20(31)8-25)12-34-18-5-4-16(7-19(18)33-3)29-13-28-30-11-14(6-17(30)22(29)32)21-26-9-15(24)10-27-21/h4-7,9-11,13H,8,12,25H2,1-3H3.